The lowest BCUT2D eigenvalue weighted by Crippen LogP contribution is -2.15. The molecule has 1 aromatic carbocycles. The Labute approximate surface area is 122 Å². The van der Waals surface area contributed by atoms with E-state index < -0.39 is 0 Å². The number of aromatic nitrogens is 3. The van der Waals surface area contributed by atoms with E-state index >= 15 is 0 Å². The number of H-pyrrole nitrogens is 2. The number of imidazole rings is 1. The van der Waals surface area contributed by atoms with Crippen LogP contribution < -0.4 is 5.32 Å². The molecule has 20 heavy (non-hydrogen) atoms. The van der Waals surface area contributed by atoms with E-state index in [1.807, 2.05) is 24.5 Å². The summed E-state index contributed by atoms with van der Waals surface area (Å²) >= 11 is 5.98. The van der Waals surface area contributed by atoms with Gasteiger partial charge < -0.3 is 15.3 Å². The number of aryl methyl sites for hydroxylation is 1. The molecular weight excluding hydrogens is 272 g/mol. The van der Waals surface area contributed by atoms with Crippen LogP contribution in [0.1, 0.15) is 17.8 Å². The highest BCUT2D eigenvalue weighted by atomic mass is 35.5. The molecular formula is C15H17ClN4. The van der Waals surface area contributed by atoms with Crippen LogP contribution in [0.4, 0.5) is 0 Å². The zero-order valence-corrected chi connectivity index (χ0v) is 11.9. The van der Waals surface area contributed by atoms with Gasteiger partial charge in [-0.25, -0.2) is 4.98 Å². The summed E-state index contributed by atoms with van der Waals surface area (Å²) in [7, 11) is 0. The smallest absolute Gasteiger partial charge is 0.106 e. The minimum absolute atomic E-state index is 0.761. The molecule has 2 aromatic heterocycles. The van der Waals surface area contributed by atoms with Crippen LogP contribution in [0.2, 0.25) is 5.02 Å². The maximum Gasteiger partial charge on any atom is 0.106 e. The van der Waals surface area contributed by atoms with Crippen molar-refractivity contribution in [1.82, 2.24) is 20.3 Å². The molecule has 3 aromatic rings. The average Bonchev–Trinajstić information content (AvgIpc) is 3.08. The molecule has 2 heterocycles. The summed E-state index contributed by atoms with van der Waals surface area (Å²) in [6.07, 6.45) is 7.74. The highest BCUT2D eigenvalue weighted by Gasteiger charge is 2.03. The Hall–Kier alpha value is -1.78. The lowest BCUT2D eigenvalue weighted by atomic mass is 10.2. The van der Waals surface area contributed by atoms with Gasteiger partial charge in [-0.05, 0) is 30.7 Å². The van der Waals surface area contributed by atoms with Crippen LogP contribution in [-0.2, 0) is 13.0 Å². The fourth-order valence-electron chi connectivity index (χ4n) is 2.34. The standard InChI is InChI=1S/C15H17ClN4/c16-12-3-4-13-11(10-20-14(13)8-12)9-17-5-1-2-15-18-6-7-19-15/h3-4,6-8,10,17,20H,1-2,5,9H2,(H,18,19). The van der Waals surface area contributed by atoms with E-state index in [1.165, 1.54) is 10.9 Å². The molecule has 0 bridgehead atoms. The molecule has 0 saturated carbocycles. The van der Waals surface area contributed by atoms with Crippen molar-refractivity contribution in [3.63, 3.8) is 0 Å². The SMILES string of the molecule is Clc1ccc2c(CNCCCc3ncc[nH]3)c[nH]c2c1. The Morgan fingerprint density at radius 2 is 2.20 bits per heavy atom. The predicted octanol–water partition coefficient (Wildman–Crippen LogP) is 3.27. The van der Waals surface area contributed by atoms with Crippen molar-refractivity contribution in [2.75, 3.05) is 6.54 Å². The van der Waals surface area contributed by atoms with E-state index in [4.69, 9.17) is 11.6 Å². The quantitative estimate of drug-likeness (QED) is 0.610. The van der Waals surface area contributed by atoms with Gasteiger partial charge in [-0.15, -0.1) is 0 Å². The summed E-state index contributed by atoms with van der Waals surface area (Å²) in [6, 6.07) is 5.95. The monoisotopic (exact) mass is 288 g/mol. The third-order valence-electron chi connectivity index (χ3n) is 3.37. The van der Waals surface area contributed by atoms with E-state index in [0.717, 1.165) is 42.3 Å². The molecule has 0 aliphatic heterocycles. The second-order valence-corrected chi connectivity index (χ2v) is 5.26. The van der Waals surface area contributed by atoms with Crippen LogP contribution in [0.15, 0.2) is 36.8 Å². The zero-order valence-electron chi connectivity index (χ0n) is 11.1. The molecule has 0 spiro atoms. The molecule has 0 atom stereocenters. The summed E-state index contributed by atoms with van der Waals surface area (Å²) in [5, 5.41) is 5.45. The third kappa shape index (κ3) is 3.03. The van der Waals surface area contributed by atoms with Crippen molar-refractivity contribution in [3.05, 3.63) is 53.2 Å². The van der Waals surface area contributed by atoms with Gasteiger partial charge in [0.05, 0.1) is 0 Å². The van der Waals surface area contributed by atoms with Gasteiger partial charge in [0.1, 0.15) is 5.82 Å². The molecule has 3 rings (SSSR count). The largest absolute Gasteiger partial charge is 0.361 e. The minimum Gasteiger partial charge on any atom is -0.361 e. The van der Waals surface area contributed by atoms with Crippen LogP contribution in [0.5, 0.6) is 0 Å². The first-order valence-corrected chi connectivity index (χ1v) is 7.15. The molecule has 0 radical (unpaired) electrons. The van der Waals surface area contributed by atoms with Gasteiger partial charge in [0, 0.05) is 47.5 Å². The molecule has 0 aliphatic rings. The second-order valence-electron chi connectivity index (χ2n) is 4.82. The number of rotatable bonds is 6. The highest BCUT2D eigenvalue weighted by molar-refractivity contribution is 6.31. The van der Waals surface area contributed by atoms with Gasteiger partial charge >= 0.3 is 0 Å². The molecule has 0 unspecified atom stereocenters. The van der Waals surface area contributed by atoms with Crippen LogP contribution in [0.3, 0.4) is 0 Å². The van der Waals surface area contributed by atoms with Crippen LogP contribution in [0.25, 0.3) is 10.9 Å². The Kier molecular flexibility index (Phi) is 4.04. The maximum atomic E-state index is 5.98. The Balaban J connectivity index is 1.50. The number of hydrogen-bond donors (Lipinski definition) is 3. The molecule has 0 amide bonds. The number of fused-ring (bicyclic) bond motifs is 1. The van der Waals surface area contributed by atoms with Gasteiger partial charge in [-0.2, -0.15) is 0 Å². The summed E-state index contributed by atoms with van der Waals surface area (Å²) in [4.78, 5) is 10.6. The van der Waals surface area contributed by atoms with Gasteiger partial charge in [0.25, 0.3) is 0 Å². The number of nitrogens with zero attached hydrogens (tertiary/aromatic N) is 1. The molecule has 5 heteroatoms. The van der Waals surface area contributed by atoms with Gasteiger partial charge in [0.15, 0.2) is 0 Å². The molecule has 3 N–H and O–H groups in total. The molecule has 0 fully saturated rings. The number of aromatic amines is 2. The first-order valence-electron chi connectivity index (χ1n) is 6.77. The van der Waals surface area contributed by atoms with Gasteiger partial charge in [0.2, 0.25) is 0 Å². The summed E-state index contributed by atoms with van der Waals surface area (Å²) in [5.41, 5.74) is 2.36. The van der Waals surface area contributed by atoms with Crippen molar-refractivity contribution in [2.24, 2.45) is 0 Å². The van der Waals surface area contributed by atoms with E-state index in [2.05, 4.69) is 26.3 Å². The Bertz CT molecular complexity index is 672. The normalized spacial score (nSPS) is 11.2. The van der Waals surface area contributed by atoms with Crippen molar-refractivity contribution in [2.45, 2.75) is 19.4 Å². The van der Waals surface area contributed by atoms with E-state index in [-0.39, 0.29) is 0 Å². The van der Waals surface area contributed by atoms with E-state index in [1.54, 1.807) is 6.20 Å². The molecule has 0 aliphatic carbocycles. The summed E-state index contributed by atoms with van der Waals surface area (Å²) in [6.45, 7) is 1.83. The highest BCUT2D eigenvalue weighted by Crippen LogP contribution is 2.21. The van der Waals surface area contributed by atoms with E-state index in [0.29, 0.717) is 0 Å². The number of benzene rings is 1. The summed E-state index contributed by atoms with van der Waals surface area (Å²) < 4.78 is 0. The second kappa shape index (κ2) is 6.11. The van der Waals surface area contributed by atoms with E-state index in [9.17, 15) is 0 Å². The number of nitrogens with one attached hydrogen (secondary N) is 3. The molecule has 4 nitrogen and oxygen atoms in total. The van der Waals surface area contributed by atoms with Crippen LogP contribution in [-0.4, -0.2) is 21.5 Å². The first-order chi connectivity index (χ1) is 9.83. The zero-order chi connectivity index (χ0) is 13.8. The lowest BCUT2D eigenvalue weighted by molar-refractivity contribution is 0.643. The number of halogens is 1. The van der Waals surface area contributed by atoms with Crippen molar-refractivity contribution < 1.29 is 0 Å². The molecule has 104 valence electrons. The predicted molar refractivity (Wildman–Crippen MR) is 81.9 cm³/mol. The lowest BCUT2D eigenvalue weighted by Gasteiger charge is -2.03. The first kappa shape index (κ1) is 13.2. The topological polar surface area (TPSA) is 56.5 Å². The van der Waals surface area contributed by atoms with Crippen LogP contribution >= 0.6 is 11.6 Å². The number of hydrogen-bond acceptors (Lipinski definition) is 2. The van der Waals surface area contributed by atoms with Crippen molar-refractivity contribution in [1.29, 1.82) is 0 Å². The summed E-state index contributed by atoms with van der Waals surface area (Å²) in [5.74, 6) is 1.05. The van der Waals surface area contributed by atoms with Crippen molar-refractivity contribution in [3.8, 4) is 0 Å². The third-order valence-corrected chi connectivity index (χ3v) is 3.60. The Morgan fingerprint density at radius 3 is 3.05 bits per heavy atom. The fraction of sp³-hybridized carbons (Fsp3) is 0.267. The molecule has 0 saturated heterocycles. The van der Waals surface area contributed by atoms with Crippen molar-refractivity contribution >= 4 is 22.5 Å². The van der Waals surface area contributed by atoms with Gasteiger partial charge in [-0.3, -0.25) is 0 Å². The Morgan fingerprint density at radius 1 is 1.25 bits per heavy atom. The maximum absolute atomic E-state index is 5.98. The fourth-order valence-corrected chi connectivity index (χ4v) is 2.52. The van der Waals surface area contributed by atoms with Gasteiger partial charge in [-0.1, -0.05) is 17.7 Å². The minimum atomic E-state index is 0.761. The average molecular weight is 289 g/mol. The van der Waals surface area contributed by atoms with Crippen LogP contribution in [0, 0.1) is 0 Å².